The van der Waals surface area contributed by atoms with Crippen molar-refractivity contribution in [2.75, 3.05) is 13.7 Å². The first-order chi connectivity index (χ1) is 7.27. The number of imidazole rings is 1. The molecule has 1 atom stereocenters. The van der Waals surface area contributed by atoms with Gasteiger partial charge in [-0.05, 0) is 12.1 Å². The molecule has 0 saturated heterocycles. The Balaban J connectivity index is 2.57. The summed E-state index contributed by atoms with van der Waals surface area (Å²) in [4.78, 5) is 8.59. The molecule has 80 valence electrons. The summed E-state index contributed by atoms with van der Waals surface area (Å²) >= 11 is 0. The molecule has 0 radical (unpaired) electrons. The van der Waals surface area contributed by atoms with Gasteiger partial charge in [0.15, 0.2) is 5.65 Å². The van der Waals surface area contributed by atoms with Crippen molar-refractivity contribution in [1.29, 1.82) is 0 Å². The van der Waals surface area contributed by atoms with Gasteiger partial charge in [-0.2, -0.15) is 0 Å². The molecule has 15 heavy (non-hydrogen) atoms. The maximum absolute atomic E-state index is 5.61. The molecule has 0 aliphatic heterocycles. The van der Waals surface area contributed by atoms with Gasteiger partial charge in [0, 0.05) is 26.9 Å². The van der Waals surface area contributed by atoms with Gasteiger partial charge in [0.25, 0.3) is 0 Å². The van der Waals surface area contributed by atoms with Crippen molar-refractivity contribution in [3.63, 3.8) is 0 Å². The lowest BCUT2D eigenvalue weighted by atomic mass is 10.3. The van der Waals surface area contributed by atoms with Crippen molar-refractivity contribution in [3.8, 4) is 0 Å². The Morgan fingerprint density at radius 3 is 3.00 bits per heavy atom. The van der Waals surface area contributed by atoms with Crippen LogP contribution in [0.3, 0.4) is 0 Å². The lowest BCUT2D eigenvalue weighted by Crippen LogP contribution is -2.17. The predicted octanol–water partition coefficient (Wildman–Crippen LogP) is 0.614. The largest absolute Gasteiger partial charge is 0.372 e. The second-order valence-electron chi connectivity index (χ2n) is 3.34. The zero-order valence-electron chi connectivity index (χ0n) is 8.84. The monoisotopic (exact) mass is 206 g/mol. The highest BCUT2D eigenvalue weighted by Gasteiger charge is 2.16. The summed E-state index contributed by atoms with van der Waals surface area (Å²) in [7, 11) is 3.57. The maximum atomic E-state index is 5.61. The molecule has 0 amide bonds. The summed E-state index contributed by atoms with van der Waals surface area (Å²) in [6.45, 7) is 0.410. The first-order valence-electron chi connectivity index (χ1n) is 4.78. The van der Waals surface area contributed by atoms with Crippen LogP contribution in [0, 0.1) is 0 Å². The minimum Gasteiger partial charge on any atom is -0.372 e. The quantitative estimate of drug-likeness (QED) is 0.799. The van der Waals surface area contributed by atoms with Crippen LogP contribution in [0.2, 0.25) is 0 Å². The van der Waals surface area contributed by atoms with Crippen LogP contribution in [-0.4, -0.2) is 28.2 Å². The van der Waals surface area contributed by atoms with Crippen molar-refractivity contribution in [3.05, 3.63) is 24.2 Å². The minimum absolute atomic E-state index is 0.177. The van der Waals surface area contributed by atoms with Crippen LogP contribution in [0.1, 0.15) is 11.9 Å². The van der Waals surface area contributed by atoms with Gasteiger partial charge in [0.2, 0.25) is 0 Å². The van der Waals surface area contributed by atoms with Gasteiger partial charge < -0.3 is 15.0 Å². The Morgan fingerprint density at radius 2 is 2.40 bits per heavy atom. The molecular formula is C10H14N4O. The first kappa shape index (κ1) is 10.1. The molecule has 0 aliphatic rings. The number of fused-ring (bicyclic) bond motifs is 1. The van der Waals surface area contributed by atoms with E-state index in [2.05, 4.69) is 9.97 Å². The van der Waals surface area contributed by atoms with E-state index in [1.54, 1.807) is 13.3 Å². The minimum atomic E-state index is -0.177. The fourth-order valence-electron chi connectivity index (χ4n) is 1.64. The van der Waals surface area contributed by atoms with Crippen LogP contribution in [0.4, 0.5) is 0 Å². The Morgan fingerprint density at radius 1 is 1.60 bits per heavy atom. The third kappa shape index (κ3) is 1.60. The van der Waals surface area contributed by atoms with Crippen LogP contribution in [-0.2, 0) is 11.8 Å². The Bertz CT molecular complexity index is 461. The van der Waals surface area contributed by atoms with Crippen molar-refractivity contribution in [2.45, 2.75) is 6.10 Å². The lowest BCUT2D eigenvalue weighted by Gasteiger charge is -2.11. The molecule has 1 unspecified atom stereocenters. The molecule has 2 heterocycles. The Kier molecular flexibility index (Phi) is 2.66. The van der Waals surface area contributed by atoms with Crippen LogP contribution in [0.5, 0.6) is 0 Å². The Labute approximate surface area is 87.9 Å². The number of hydrogen-bond donors (Lipinski definition) is 1. The molecular weight excluding hydrogens is 192 g/mol. The number of rotatable bonds is 3. The SMILES string of the molecule is COC(CN)c1nc2ncccc2n1C. The molecule has 0 bridgehead atoms. The molecule has 5 heteroatoms. The fraction of sp³-hybridized carbons (Fsp3) is 0.400. The molecule has 5 nitrogen and oxygen atoms in total. The summed E-state index contributed by atoms with van der Waals surface area (Å²) in [6, 6.07) is 3.86. The van der Waals surface area contributed by atoms with E-state index in [0.29, 0.717) is 6.54 Å². The number of nitrogens with zero attached hydrogens (tertiary/aromatic N) is 3. The topological polar surface area (TPSA) is 66.0 Å². The summed E-state index contributed by atoms with van der Waals surface area (Å²) < 4.78 is 7.22. The van der Waals surface area contributed by atoms with E-state index in [4.69, 9.17) is 10.5 Å². The second kappa shape index (κ2) is 3.96. The molecule has 2 aromatic heterocycles. The van der Waals surface area contributed by atoms with E-state index in [9.17, 15) is 0 Å². The summed E-state index contributed by atoms with van der Waals surface area (Å²) in [5.74, 6) is 0.814. The highest BCUT2D eigenvalue weighted by molar-refractivity contribution is 5.71. The summed E-state index contributed by atoms with van der Waals surface area (Å²) in [6.07, 6.45) is 1.55. The molecule has 2 aromatic rings. The maximum Gasteiger partial charge on any atom is 0.178 e. The average molecular weight is 206 g/mol. The van der Waals surface area contributed by atoms with Gasteiger partial charge >= 0.3 is 0 Å². The third-order valence-corrected chi connectivity index (χ3v) is 2.48. The van der Waals surface area contributed by atoms with Gasteiger partial charge in [-0.3, -0.25) is 0 Å². The molecule has 0 spiro atoms. The normalized spacial score (nSPS) is 13.3. The number of aryl methyl sites for hydroxylation is 1. The number of methoxy groups -OCH3 is 1. The molecule has 0 fully saturated rings. The van der Waals surface area contributed by atoms with E-state index in [1.165, 1.54) is 0 Å². The van der Waals surface area contributed by atoms with E-state index >= 15 is 0 Å². The average Bonchev–Trinajstić information content (AvgIpc) is 2.60. The van der Waals surface area contributed by atoms with Gasteiger partial charge in [-0.1, -0.05) is 0 Å². The molecule has 0 saturated carbocycles. The van der Waals surface area contributed by atoms with Crippen LogP contribution < -0.4 is 5.73 Å². The zero-order chi connectivity index (χ0) is 10.8. The number of nitrogens with two attached hydrogens (primary N) is 1. The molecule has 2 rings (SSSR count). The van der Waals surface area contributed by atoms with Gasteiger partial charge in [-0.15, -0.1) is 0 Å². The highest BCUT2D eigenvalue weighted by Crippen LogP contribution is 2.18. The van der Waals surface area contributed by atoms with Crippen LogP contribution in [0.15, 0.2) is 18.3 Å². The van der Waals surface area contributed by atoms with Gasteiger partial charge in [0.05, 0.1) is 5.52 Å². The van der Waals surface area contributed by atoms with Crippen molar-refractivity contribution < 1.29 is 4.74 Å². The summed E-state index contributed by atoms with van der Waals surface area (Å²) in [5.41, 5.74) is 7.32. The number of aromatic nitrogens is 3. The van der Waals surface area contributed by atoms with E-state index in [0.717, 1.165) is 17.0 Å². The third-order valence-electron chi connectivity index (χ3n) is 2.48. The van der Waals surface area contributed by atoms with Crippen LogP contribution >= 0.6 is 0 Å². The number of ether oxygens (including phenoxy) is 1. The summed E-state index contributed by atoms with van der Waals surface area (Å²) in [5, 5.41) is 0. The standard InChI is InChI=1S/C10H14N4O/c1-14-7-4-3-5-12-9(7)13-10(14)8(6-11)15-2/h3-5,8H,6,11H2,1-2H3. The van der Waals surface area contributed by atoms with E-state index in [1.807, 2.05) is 23.7 Å². The number of hydrogen-bond acceptors (Lipinski definition) is 4. The van der Waals surface area contributed by atoms with Crippen molar-refractivity contribution in [1.82, 2.24) is 14.5 Å². The van der Waals surface area contributed by atoms with Crippen molar-refractivity contribution in [2.24, 2.45) is 12.8 Å². The van der Waals surface area contributed by atoms with Crippen molar-refractivity contribution >= 4 is 11.2 Å². The molecule has 0 aliphatic carbocycles. The van der Waals surface area contributed by atoms with E-state index in [-0.39, 0.29) is 6.10 Å². The number of pyridine rings is 1. The predicted molar refractivity (Wildman–Crippen MR) is 57.3 cm³/mol. The molecule has 0 aromatic carbocycles. The Hall–Kier alpha value is -1.46. The zero-order valence-corrected chi connectivity index (χ0v) is 8.84. The first-order valence-corrected chi connectivity index (χ1v) is 4.78. The van der Waals surface area contributed by atoms with Gasteiger partial charge in [-0.25, -0.2) is 9.97 Å². The van der Waals surface area contributed by atoms with E-state index < -0.39 is 0 Å². The fourth-order valence-corrected chi connectivity index (χ4v) is 1.64. The molecule has 2 N–H and O–H groups in total. The second-order valence-corrected chi connectivity index (χ2v) is 3.34. The lowest BCUT2D eigenvalue weighted by molar-refractivity contribution is 0.101. The van der Waals surface area contributed by atoms with Gasteiger partial charge in [0.1, 0.15) is 11.9 Å². The smallest absolute Gasteiger partial charge is 0.178 e. The van der Waals surface area contributed by atoms with Crippen LogP contribution in [0.25, 0.3) is 11.2 Å². The highest BCUT2D eigenvalue weighted by atomic mass is 16.5.